The van der Waals surface area contributed by atoms with Crippen molar-refractivity contribution >= 4 is 22.0 Å². The first kappa shape index (κ1) is 16.7. The van der Waals surface area contributed by atoms with Gasteiger partial charge in [0, 0.05) is 12.1 Å². The van der Waals surface area contributed by atoms with E-state index in [-0.39, 0.29) is 28.8 Å². The molecule has 4 nitrogen and oxygen atoms in total. The van der Waals surface area contributed by atoms with Crippen LogP contribution in [-0.2, 0) is 0 Å². The van der Waals surface area contributed by atoms with Crippen molar-refractivity contribution in [3.8, 4) is 5.75 Å². The van der Waals surface area contributed by atoms with Gasteiger partial charge in [0.15, 0.2) is 11.6 Å². The van der Waals surface area contributed by atoms with Crippen molar-refractivity contribution in [2.24, 2.45) is 5.92 Å². The molecule has 0 aromatic heterocycles. The molecule has 0 aliphatic rings. The van der Waals surface area contributed by atoms with Crippen LogP contribution in [-0.4, -0.2) is 23.8 Å². The highest BCUT2D eigenvalue weighted by Gasteiger charge is 2.14. The summed E-state index contributed by atoms with van der Waals surface area (Å²) in [6.07, 6.45) is -0.556. The maximum Gasteiger partial charge on any atom is 0.404 e. The van der Waals surface area contributed by atoms with E-state index in [0.29, 0.717) is 6.42 Å². The van der Waals surface area contributed by atoms with Crippen LogP contribution < -0.4 is 10.1 Å². The molecule has 0 saturated heterocycles. The number of carboxylic acid groups (broad SMARTS) is 1. The van der Waals surface area contributed by atoms with Gasteiger partial charge in [-0.3, -0.25) is 0 Å². The topological polar surface area (TPSA) is 58.6 Å². The van der Waals surface area contributed by atoms with E-state index in [2.05, 4.69) is 21.2 Å². The Balaban J connectivity index is 2.50. The van der Waals surface area contributed by atoms with Crippen LogP contribution in [0.3, 0.4) is 0 Å². The number of hydrogen-bond donors (Lipinski definition) is 2. The molecule has 1 aromatic rings. The number of carbonyl (C=O) groups is 1. The van der Waals surface area contributed by atoms with Crippen LogP contribution in [0.2, 0.25) is 0 Å². The van der Waals surface area contributed by atoms with Gasteiger partial charge in [-0.15, -0.1) is 0 Å². The predicted octanol–water partition coefficient (Wildman–Crippen LogP) is 3.79. The summed E-state index contributed by atoms with van der Waals surface area (Å²) in [7, 11) is 0. The van der Waals surface area contributed by atoms with Crippen molar-refractivity contribution in [1.29, 1.82) is 0 Å². The standard InChI is InChI=1S/C13H16BrF2NO3/c1-7(3-8(2)17-13(18)19)6-20-12-5-10(15)9(14)4-11(12)16/h4-5,7-8,17H,3,6H2,1-2H3,(H,18,19). The Kier molecular flexibility index (Phi) is 6.19. The number of nitrogens with one attached hydrogen (secondary N) is 1. The normalized spacial score (nSPS) is 13.7. The molecule has 1 rings (SSSR count). The third-order valence-corrected chi connectivity index (χ3v) is 3.23. The summed E-state index contributed by atoms with van der Waals surface area (Å²) in [6.45, 7) is 3.74. The Morgan fingerprint density at radius 3 is 2.65 bits per heavy atom. The zero-order chi connectivity index (χ0) is 15.3. The third-order valence-electron chi connectivity index (χ3n) is 2.62. The lowest BCUT2D eigenvalue weighted by Crippen LogP contribution is -2.33. The van der Waals surface area contributed by atoms with Gasteiger partial charge in [0.25, 0.3) is 0 Å². The first-order valence-electron chi connectivity index (χ1n) is 6.06. The molecule has 0 aliphatic carbocycles. The van der Waals surface area contributed by atoms with Gasteiger partial charge in [0.2, 0.25) is 0 Å². The van der Waals surface area contributed by atoms with Crippen LogP contribution in [0.5, 0.6) is 5.75 Å². The summed E-state index contributed by atoms with van der Waals surface area (Å²) < 4.78 is 32.0. The molecule has 0 bridgehead atoms. The van der Waals surface area contributed by atoms with Crippen LogP contribution in [0.1, 0.15) is 20.3 Å². The quantitative estimate of drug-likeness (QED) is 0.766. The summed E-state index contributed by atoms with van der Waals surface area (Å²) in [5.41, 5.74) is 0. The molecular weight excluding hydrogens is 336 g/mol. The molecule has 20 heavy (non-hydrogen) atoms. The number of ether oxygens (including phenoxy) is 1. The van der Waals surface area contributed by atoms with Gasteiger partial charge in [-0.25, -0.2) is 13.6 Å². The monoisotopic (exact) mass is 351 g/mol. The maximum absolute atomic E-state index is 13.5. The molecule has 0 radical (unpaired) electrons. The second-order valence-corrected chi connectivity index (χ2v) is 5.55. The second kappa shape index (κ2) is 7.42. The smallest absolute Gasteiger partial charge is 0.404 e. The summed E-state index contributed by atoms with van der Waals surface area (Å²) in [5.74, 6) is -1.42. The molecule has 0 heterocycles. The molecule has 0 fully saturated rings. The maximum atomic E-state index is 13.5. The Bertz CT molecular complexity index is 485. The van der Waals surface area contributed by atoms with Crippen molar-refractivity contribution in [3.05, 3.63) is 28.2 Å². The second-order valence-electron chi connectivity index (χ2n) is 4.70. The first-order chi connectivity index (χ1) is 9.29. The Labute approximate surface area is 124 Å². The van der Waals surface area contributed by atoms with E-state index in [1.54, 1.807) is 6.92 Å². The van der Waals surface area contributed by atoms with E-state index < -0.39 is 17.7 Å². The SMILES string of the molecule is CC(COc1cc(F)c(Br)cc1F)CC(C)NC(=O)O. The molecule has 2 atom stereocenters. The Morgan fingerprint density at radius 1 is 1.40 bits per heavy atom. The molecule has 7 heteroatoms. The lowest BCUT2D eigenvalue weighted by atomic mass is 10.0. The zero-order valence-electron chi connectivity index (χ0n) is 11.1. The van der Waals surface area contributed by atoms with Gasteiger partial charge in [-0.1, -0.05) is 6.92 Å². The average Bonchev–Trinajstić information content (AvgIpc) is 2.30. The number of amides is 1. The molecule has 1 amide bonds. The summed E-state index contributed by atoms with van der Waals surface area (Å²) in [6, 6.07) is 1.74. The fraction of sp³-hybridized carbons (Fsp3) is 0.462. The number of hydrogen-bond acceptors (Lipinski definition) is 2. The average molecular weight is 352 g/mol. The predicted molar refractivity (Wildman–Crippen MR) is 74.0 cm³/mol. The fourth-order valence-corrected chi connectivity index (χ4v) is 2.10. The van der Waals surface area contributed by atoms with Crippen molar-refractivity contribution < 1.29 is 23.4 Å². The number of benzene rings is 1. The van der Waals surface area contributed by atoms with E-state index >= 15 is 0 Å². The van der Waals surface area contributed by atoms with Gasteiger partial charge in [0.1, 0.15) is 5.82 Å². The molecule has 2 unspecified atom stereocenters. The van der Waals surface area contributed by atoms with Crippen LogP contribution in [0.4, 0.5) is 13.6 Å². The largest absolute Gasteiger partial charge is 0.490 e. The molecule has 0 spiro atoms. The van der Waals surface area contributed by atoms with Crippen LogP contribution in [0.15, 0.2) is 16.6 Å². The molecule has 0 saturated carbocycles. The molecule has 2 N–H and O–H groups in total. The highest BCUT2D eigenvalue weighted by atomic mass is 79.9. The zero-order valence-corrected chi connectivity index (χ0v) is 12.7. The summed E-state index contributed by atoms with van der Waals surface area (Å²) in [5, 5.41) is 10.9. The van der Waals surface area contributed by atoms with E-state index in [4.69, 9.17) is 9.84 Å². The third kappa shape index (κ3) is 5.32. The minimum Gasteiger partial charge on any atom is -0.490 e. The lowest BCUT2D eigenvalue weighted by Gasteiger charge is -2.18. The molecule has 1 aromatic carbocycles. The summed E-state index contributed by atoms with van der Waals surface area (Å²) >= 11 is 2.88. The van der Waals surface area contributed by atoms with Gasteiger partial charge in [0.05, 0.1) is 11.1 Å². The summed E-state index contributed by atoms with van der Waals surface area (Å²) in [4.78, 5) is 10.4. The lowest BCUT2D eigenvalue weighted by molar-refractivity contribution is 0.185. The molecule has 0 aliphatic heterocycles. The minimum absolute atomic E-state index is 0.0111. The Hall–Kier alpha value is -1.37. The highest BCUT2D eigenvalue weighted by molar-refractivity contribution is 9.10. The van der Waals surface area contributed by atoms with Crippen LogP contribution in [0.25, 0.3) is 0 Å². The molecule has 112 valence electrons. The van der Waals surface area contributed by atoms with E-state index in [0.717, 1.165) is 12.1 Å². The van der Waals surface area contributed by atoms with Crippen molar-refractivity contribution in [2.45, 2.75) is 26.3 Å². The number of rotatable bonds is 6. The van der Waals surface area contributed by atoms with Crippen LogP contribution in [0, 0.1) is 17.6 Å². The van der Waals surface area contributed by atoms with Gasteiger partial charge in [-0.2, -0.15) is 0 Å². The minimum atomic E-state index is -1.09. The van der Waals surface area contributed by atoms with Gasteiger partial charge < -0.3 is 15.2 Å². The van der Waals surface area contributed by atoms with Gasteiger partial charge in [-0.05, 0) is 41.3 Å². The van der Waals surface area contributed by atoms with Crippen molar-refractivity contribution in [2.75, 3.05) is 6.61 Å². The highest BCUT2D eigenvalue weighted by Crippen LogP contribution is 2.25. The number of halogens is 3. The fourth-order valence-electron chi connectivity index (χ4n) is 1.79. The first-order valence-corrected chi connectivity index (χ1v) is 6.85. The Morgan fingerprint density at radius 2 is 2.05 bits per heavy atom. The van der Waals surface area contributed by atoms with Crippen molar-refractivity contribution in [1.82, 2.24) is 5.32 Å². The van der Waals surface area contributed by atoms with E-state index in [1.165, 1.54) is 0 Å². The van der Waals surface area contributed by atoms with Gasteiger partial charge >= 0.3 is 6.09 Å². The van der Waals surface area contributed by atoms with Crippen LogP contribution >= 0.6 is 15.9 Å². The molecular formula is C13H16BrF2NO3. The van der Waals surface area contributed by atoms with Crippen molar-refractivity contribution in [3.63, 3.8) is 0 Å². The van der Waals surface area contributed by atoms with E-state index in [9.17, 15) is 13.6 Å². The van der Waals surface area contributed by atoms with E-state index in [1.807, 2.05) is 6.92 Å².